The van der Waals surface area contributed by atoms with Crippen molar-refractivity contribution in [1.82, 2.24) is 15.2 Å². The lowest BCUT2D eigenvalue weighted by atomic mass is 9.88. The minimum atomic E-state index is -0.738. The minimum absolute atomic E-state index is 0.107. The van der Waals surface area contributed by atoms with Crippen molar-refractivity contribution in [3.8, 4) is 0 Å². The summed E-state index contributed by atoms with van der Waals surface area (Å²) in [7, 11) is 0. The zero-order valence-electron chi connectivity index (χ0n) is 14.2. The van der Waals surface area contributed by atoms with Gasteiger partial charge in [-0.1, -0.05) is 51.0 Å². The molecule has 0 unspecified atom stereocenters. The van der Waals surface area contributed by atoms with Gasteiger partial charge in [-0.15, -0.1) is 0 Å². The number of aromatic nitrogens is 1. The van der Waals surface area contributed by atoms with Crippen LogP contribution in [0.15, 0.2) is 36.5 Å². The minimum Gasteiger partial charge on any atom is -0.323 e. The second-order valence-corrected chi connectivity index (χ2v) is 6.40. The quantitative estimate of drug-likeness (QED) is 0.825. The molecular formula is C19H23N3O2. The molecule has 1 N–H and O–H groups in total. The Morgan fingerprint density at radius 3 is 2.50 bits per heavy atom. The molecule has 0 bridgehead atoms. The molecule has 2 heterocycles. The van der Waals surface area contributed by atoms with Crippen molar-refractivity contribution in [2.75, 3.05) is 0 Å². The van der Waals surface area contributed by atoms with Crippen LogP contribution < -0.4 is 5.32 Å². The fourth-order valence-corrected chi connectivity index (χ4v) is 3.60. The van der Waals surface area contributed by atoms with Crippen LogP contribution in [0.5, 0.6) is 0 Å². The number of fused-ring (bicyclic) bond motifs is 1. The van der Waals surface area contributed by atoms with Crippen LogP contribution in [0, 0.1) is 0 Å². The first-order valence-corrected chi connectivity index (χ1v) is 8.58. The van der Waals surface area contributed by atoms with Crippen molar-refractivity contribution in [2.45, 2.75) is 51.6 Å². The van der Waals surface area contributed by atoms with Gasteiger partial charge in [-0.25, -0.2) is 4.79 Å². The van der Waals surface area contributed by atoms with Gasteiger partial charge < -0.3 is 5.32 Å². The van der Waals surface area contributed by atoms with Gasteiger partial charge in [-0.05, 0) is 24.5 Å². The third-order valence-corrected chi connectivity index (χ3v) is 4.64. The van der Waals surface area contributed by atoms with E-state index in [1.165, 1.54) is 4.90 Å². The van der Waals surface area contributed by atoms with E-state index < -0.39 is 5.54 Å². The summed E-state index contributed by atoms with van der Waals surface area (Å²) in [4.78, 5) is 31.2. The highest BCUT2D eigenvalue weighted by Crippen LogP contribution is 2.30. The van der Waals surface area contributed by atoms with Gasteiger partial charge in [0.2, 0.25) is 0 Å². The number of hydrogen-bond donors (Lipinski definition) is 1. The Morgan fingerprint density at radius 2 is 1.79 bits per heavy atom. The number of amides is 3. The zero-order valence-corrected chi connectivity index (χ0v) is 14.2. The fraction of sp³-hybridized carbons (Fsp3) is 0.421. The van der Waals surface area contributed by atoms with Gasteiger partial charge in [0.1, 0.15) is 5.54 Å². The number of nitrogens with one attached hydrogen (secondary N) is 1. The molecule has 1 aromatic carbocycles. The summed E-state index contributed by atoms with van der Waals surface area (Å²) in [6.07, 6.45) is 4.80. The molecular weight excluding hydrogens is 302 g/mol. The third-order valence-electron chi connectivity index (χ3n) is 4.64. The average Bonchev–Trinajstić information content (AvgIpc) is 2.80. The van der Waals surface area contributed by atoms with Crippen molar-refractivity contribution in [2.24, 2.45) is 0 Å². The molecule has 24 heavy (non-hydrogen) atoms. The summed E-state index contributed by atoms with van der Waals surface area (Å²) >= 11 is 0. The van der Waals surface area contributed by atoms with E-state index in [-0.39, 0.29) is 18.5 Å². The summed E-state index contributed by atoms with van der Waals surface area (Å²) in [5.41, 5.74) is 0.989. The molecule has 1 saturated heterocycles. The second kappa shape index (κ2) is 6.59. The van der Waals surface area contributed by atoms with Gasteiger partial charge in [0.25, 0.3) is 5.91 Å². The summed E-state index contributed by atoms with van der Waals surface area (Å²) in [6.45, 7) is 4.33. The van der Waals surface area contributed by atoms with Crippen molar-refractivity contribution < 1.29 is 9.59 Å². The van der Waals surface area contributed by atoms with Crippen LogP contribution in [-0.4, -0.2) is 27.4 Å². The summed E-state index contributed by atoms with van der Waals surface area (Å²) in [5.74, 6) is -0.107. The Labute approximate surface area is 142 Å². The van der Waals surface area contributed by atoms with Gasteiger partial charge >= 0.3 is 6.03 Å². The lowest BCUT2D eigenvalue weighted by molar-refractivity contribution is -0.132. The predicted molar refractivity (Wildman–Crippen MR) is 93.4 cm³/mol. The van der Waals surface area contributed by atoms with Gasteiger partial charge in [-0.3, -0.25) is 14.7 Å². The number of hydrogen-bond acceptors (Lipinski definition) is 3. The maximum atomic E-state index is 13.0. The molecule has 0 saturated carbocycles. The Balaban J connectivity index is 1.92. The molecule has 2 aromatic rings. The van der Waals surface area contributed by atoms with Crippen LogP contribution in [0.25, 0.3) is 10.9 Å². The normalized spacial score (nSPS) is 16.7. The highest BCUT2D eigenvalue weighted by atomic mass is 16.2. The number of carbonyl (C=O) groups excluding carboxylic acids is 2. The smallest absolute Gasteiger partial charge is 0.323 e. The predicted octanol–water partition coefficient (Wildman–Crippen LogP) is 3.63. The lowest BCUT2D eigenvalue weighted by Gasteiger charge is -2.25. The molecule has 0 aliphatic carbocycles. The molecule has 0 spiro atoms. The first kappa shape index (κ1) is 16.4. The molecule has 0 radical (unpaired) electrons. The summed E-state index contributed by atoms with van der Waals surface area (Å²) in [5, 5.41) is 3.96. The number of urea groups is 1. The maximum Gasteiger partial charge on any atom is 0.325 e. The number of para-hydroxylation sites is 1. The molecule has 5 nitrogen and oxygen atoms in total. The van der Waals surface area contributed by atoms with Crippen molar-refractivity contribution in [1.29, 1.82) is 0 Å². The number of imide groups is 1. The van der Waals surface area contributed by atoms with E-state index in [0.29, 0.717) is 12.8 Å². The van der Waals surface area contributed by atoms with E-state index in [0.717, 1.165) is 29.3 Å². The number of carbonyl (C=O) groups is 2. The molecule has 5 heteroatoms. The topological polar surface area (TPSA) is 62.3 Å². The molecule has 1 fully saturated rings. The fourth-order valence-electron chi connectivity index (χ4n) is 3.60. The molecule has 1 aromatic heterocycles. The number of nitrogens with zero attached hydrogens (tertiary/aromatic N) is 2. The van der Waals surface area contributed by atoms with E-state index in [1.807, 2.05) is 44.2 Å². The molecule has 3 rings (SSSR count). The Hall–Kier alpha value is -2.43. The summed E-state index contributed by atoms with van der Waals surface area (Å²) < 4.78 is 0. The zero-order chi connectivity index (χ0) is 17.2. The molecule has 3 amide bonds. The SMILES string of the molecule is CCCC1(CCC)NC(=O)N(Cc2cccc3cccnc23)C1=O. The van der Waals surface area contributed by atoms with Gasteiger partial charge in [-0.2, -0.15) is 0 Å². The Morgan fingerprint density at radius 1 is 1.08 bits per heavy atom. The van der Waals surface area contributed by atoms with Gasteiger partial charge in [0.15, 0.2) is 0 Å². The van der Waals surface area contributed by atoms with E-state index in [9.17, 15) is 9.59 Å². The lowest BCUT2D eigenvalue weighted by Crippen LogP contribution is -2.46. The van der Waals surface area contributed by atoms with Crippen LogP contribution in [0.1, 0.15) is 45.1 Å². The van der Waals surface area contributed by atoms with Crippen molar-refractivity contribution in [3.63, 3.8) is 0 Å². The average molecular weight is 325 g/mol. The molecule has 1 aliphatic heterocycles. The van der Waals surface area contributed by atoms with E-state index >= 15 is 0 Å². The van der Waals surface area contributed by atoms with Gasteiger partial charge in [0, 0.05) is 11.6 Å². The number of benzene rings is 1. The van der Waals surface area contributed by atoms with Gasteiger partial charge in [0.05, 0.1) is 12.1 Å². The van der Waals surface area contributed by atoms with Crippen LogP contribution in [0.2, 0.25) is 0 Å². The Bertz CT molecular complexity index is 761. The van der Waals surface area contributed by atoms with Crippen LogP contribution in [0.3, 0.4) is 0 Å². The molecule has 1 aliphatic rings. The van der Waals surface area contributed by atoms with Crippen molar-refractivity contribution in [3.05, 3.63) is 42.1 Å². The van der Waals surface area contributed by atoms with Crippen molar-refractivity contribution >= 4 is 22.8 Å². The monoisotopic (exact) mass is 325 g/mol. The maximum absolute atomic E-state index is 13.0. The highest BCUT2D eigenvalue weighted by Gasteiger charge is 2.49. The standard InChI is InChI=1S/C19H23N3O2/c1-3-10-19(11-4-2)17(23)22(18(24)21-19)13-15-8-5-7-14-9-6-12-20-16(14)15/h5-9,12H,3-4,10-11,13H2,1-2H3,(H,21,24). The van der Waals surface area contributed by atoms with Crippen LogP contribution in [-0.2, 0) is 11.3 Å². The second-order valence-electron chi connectivity index (χ2n) is 6.40. The third kappa shape index (κ3) is 2.75. The van der Waals surface area contributed by atoms with E-state index in [2.05, 4.69) is 10.3 Å². The number of pyridine rings is 1. The largest absolute Gasteiger partial charge is 0.325 e. The Kier molecular flexibility index (Phi) is 4.51. The number of rotatable bonds is 6. The summed E-state index contributed by atoms with van der Waals surface area (Å²) in [6, 6.07) is 9.41. The van der Waals surface area contributed by atoms with Crippen LogP contribution >= 0.6 is 0 Å². The highest BCUT2D eigenvalue weighted by molar-refractivity contribution is 6.07. The molecule has 126 valence electrons. The first-order chi connectivity index (χ1) is 11.6. The van der Waals surface area contributed by atoms with Crippen LogP contribution in [0.4, 0.5) is 4.79 Å². The molecule has 0 atom stereocenters. The van der Waals surface area contributed by atoms with E-state index in [1.54, 1.807) is 6.20 Å². The van der Waals surface area contributed by atoms with E-state index in [4.69, 9.17) is 0 Å². The first-order valence-electron chi connectivity index (χ1n) is 8.58.